The van der Waals surface area contributed by atoms with Crippen molar-refractivity contribution in [2.24, 2.45) is 0 Å². The molecule has 0 saturated carbocycles. The Morgan fingerprint density at radius 2 is 1.95 bits per heavy atom. The maximum Gasteiger partial charge on any atom is 0.261 e. The van der Waals surface area contributed by atoms with Crippen LogP contribution in [0.1, 0.15) is 17.3 Å². The number of nitrogen functional groups attached to an aromatic ring is 1. The minimum Gasteiger partial charge on any atom is -0.397 e. The van der Waals surface area contributed by atoms with E-state index in [1.54, 1.807) is 36.4 Å². The molecule has 0 heterocycles. The van der Waals surface area contributed by atoms with E-state index >= 15 is 0 Å². The molecule has 2 N–H and O–H groups in total. The van der Waals surface area contributed by atoms with Crippen molar-refractivity contribution in [2.75, 3.05) is 17.2 Å². The van der Waals surface area contributed by atoms with Crippen LogP contribution in [0.4, 0.5) is 15.8 Å². The van der Waals surface area contributed by atoms with Crippen molar-refractivity contribution < 1.29 is 9.18 Å². The SMILES string of the molecule is CCN(C(=O)c1cccc(Br)c1F)c1ccccc1N. The van der Waals surface area contributed by atoms with Crippen molar-refractivity contribution in [1.29, 1.82) is 0 Å². The number of hydrogen-bond acceptors (Lipinski definition) is 2. The maximum atomic E-state index is 14.0. The van der Waals surface area contributed by atoms with E-state index in [4.69, 9.17) is 5.73 Å². The fourth-order valence-corrected chi connectivity index (χ4v) is 2.34. The topological polar surface area (TPSA) is 46.3 Å². The highest BCUT2D eigenvalue weighted by Crippen LogP contribution is 2.26. The van der Waals surface area contributed by atoms with E-state index in [0.717, 1.165) is 0 Å². The molecule has 2 aromatic rings. The number of hydrogen-bond donors (Lipinski definition) is 1. The summed E-state index contributed by atoms with van der Waals surface area (Å²) in [7, 11) is 0. The summed E-state index contributed by atoms with van der Waals surface area (Å²) in [6, 6.07) is 11.7. The van der Waals surface area contributed by atoms with Gasteiger partial charge in [-0.1, -0.05) is 18.2 Å². The van der Waals surface area contributed by atoms with Crippen molar-refractivity contribution >= 4 is 33.2 Å². The van der Waals surface area contributed by atoms with Crippen LogP contribution in [0.5, 0.6) is 0 Å². The van der Waals surface area contributed by atoms with Crippen molar-refractivity contribution in [1.82, 2.24) is 0 Å². The zero-order valence-electron chi connectivity index (χ0n) is 10.9. The zero-order chi connectivity index (χ0) is 14.7. The molecule has 0 saturated heterocycles. The number of amides is 1. The smallest absolute Gasteiger partial charge is 0.261 e. The van der Waals surface area contributed by atoms with Gasteiger partial charge in [0.05, 0.1) is 21.4 Å². The Morgan fingerprint density at radius 3 is 2.60 bits per heavy atom. The molecule has 2 aromatic carbocycles. The van der Waals surface area contributed by atoms with Gasteiger partial charge in [0.25, 0.3) is 5.91 Å². The summed E-state index contributed by atoms with van der Waals surface area (Å²) in [5, 5.41) is 0. The molecule has 1 amide bonds. The van der Waals surface area contributed by atoms with Crippen molar-refractivity contribution in [3.05, 3.63) is 58.3 Å². The van der Waals surface area contributed by atoms with Crippen LogP contribution in [0.25, 0.3) is 0 Å². The molecular formula is C15H14BrFN2O. The molecule has 0 radical (unpaired) electrons. The fourth-order valence-electron chi connectivity index (χ4n) is 1.97. The van der Waals surface area contributed by atoms with Gasteiger partial charge in [0, 0.05) is 6.54 Å². The molecule has 0 aliphatic heterocycles. The number of para-hydroxylation sites is 2. The predicted molar refractivity (Wildman–Crippen MR) is 82.3 cm³/mol. The molecule has 104 valence electrons. The number of nitrogens with two attached hydrogens (primary N) is 1. The average molecular weight is 337 g/mol. The van der Waals surface area contributed by atoms with Crippen molar-refractivity contribution in [2.45, 2.75) is 6.92 Å². The molecule has 0 bridgehead atoms. The molecule has 0 unspecified atom stereocenters. The summed E-state index contributed by atoms with van der Waals surface area (Å²) < 4.78 is 14.3. The summed E-state index contributed by atoms with van der Waals surface area (Å²) in [6.45, 7) is 2.22. The first-order valence-corrected chi connectivity index (χ1v) is 6.96. The van der Waals surface area contributed by atoms with Gasteiger partial charge in [0.2, 0.25) is 0 Å². The predicted octanol–water partition coefficient (Wildman–Crippen LogP) is 3.84. The summed E-state index contributed by atoms with van der Waals surface area (Å²) in [5.74, 6) is -0.977. The first kappa shape index (κ1) is 14.5. The van der Waals surface area contributed by atoms with Crippen LogP contribution >= 0.6 is 15.9 Å². The Bertz CT molecular complexity index is 646. The van der Waals surface area contributed by atoms with Crippen LogP contribution in [0.2, 0.25) is 0 Å². The second-order valence-electron chi connectivity index (χ2n) is 4.21. The van der Waals surface area contributed by atoms with Gasteiger partial charge in [-0.15, -0.1) is 0 Å². The van der Waals surface area contributed by atoms with Crippen LogP contribution < -0.4 is 10.6 Å². The molecule has 0 spiro atoms. The second-order valence-corrected chi connectivity index (χ2v) is 5.06. The standard InChI is InChI=1S/C15H14BrFN2O/c1-2-19(13-9-4-3-8-12(13)18)15(20)10-6-5-7-11(16)14(10)17/h3-9H,2,18H2,1H3. The molecule has 0 fully saturated rings. The fraction of sp³-hybridized carbons (Fsp3) is 0.133. The largest absolute Gasteiger partial charge is 0.397 e. The average Bonchev–Trinajstić information content (AvgIpc) is 2.44. The lowest BCUT2D eigenvalue weighted by molar-refractivity contribution is 0.0984. The van der Waals surface area contributed by atoms with Gasteiger partial charge in [-0.3, -0.25) is 4.79 Å². The molecule has 0 aliphatic rings. The molecular weight excluding hydrogens is 323 g/mol. The lowest BCUT2D eigenvalue weighted by atomic mass is 10.1. The van der Waals surface area contributed by atoms with Gasteiger partial charge in [-0.2, -0.15) is 0 Å². The Labute approximate surface area is 125 Å². The molecule has 20 heavy (non-hydrogen) atoms. The van der Waals surface area contributed by atoms with Crippen LogP contribution in [0.15, 0.2) is 46.9 Å². The zero-order valence-corrected chi connectivity index (χ0v) is 12.5. The van der Waals surface area contributed by atoms with Gasteiger partial charge in [0.15, 0.2) is 0 Å². The van der Waals surface area contributed by atoms with Crippen LogP contribution in [0.3, 0.4) is 0 Å². The van der Waals surface area contributed by atoms with Gasteiger partial charge < -0.3 is 10.6 Å². The van der Waals surface area contributed by atoms with E-state index in [1.807, 2.05) is 6.92 Å². The third-order valence-electron chi connectivity index (χ3n) is 2.97. The number of carbonyl (C=O) groups excluding carboxylic acids is 1. The number of anilines is 2. The number of halogens is 2. The number of rotatable bonds is 3. The van der Waals surface area contributed by atoms with E-state index in [9.17, 15) is 9.18 Å². The highest BCUT2D eigenvalue weighted by atomic mass is 79.9. The number of carbonyl (C=O) groups is 1. The monoisotopic (exact) mass is 336 g/mol. The Balaban J connectivity index is 2.45. The van der Waals surface area contributed by atoms with E-state index < -0.39 is 11.7 Å². The Hall–Kier alpha value is -1.88. The Kier molecular flexibility index (Phi) is 4.39. The first-order valence-electron chi connectivity index (χ1n) is 6.16. The Morgan fingerprint density at radius 1 is 1.25 bits per heavy atom. The highest BCUT2D eigenvalue weighted by molar-refractivity contribution is 9.10. The summed E-state index contributed by atoms with van der Waals surface area (Å²) in [6.07, 6.45) is 0. The van der Waals surface area contributed by atoms with Crippen LogP contribution in [-0.2, 0) is 0 Å². The van der Waals surface area contributed by atoms with Crippen molar-refractivity contribution in [3.8, 4) is 0 Å². The molecule has 0 atom stereocenters. The van der Waals surface area contributed by atoms with E-state index in [-0.39, 0.29) is 10.0 Å². The summed E-state index contributed by atoms with van der Waals surface area (Å²) in [5.41, 5.74) is 6.97. The minimum atomic E-state index is -0.564. The third kappa shape index (κ3) is 2.67. The first-order chi connectivity index (χ1) is 9.56. The van der Waals surface area contributed by atoms with Crippen LogP contribution in [0, 0.1) is 5.82 Å². The van der Waals surface area contributed by atoms with E-state index in [2.05, 4.69) is 15.9 Å². The van der Waals surface area contributed by atoms with E-state index in [0.29, 0.717) is 17.9 Å². The highest BCUT2D eigenvalue weighted by Gasteiger charge is 2.21. The number of nitrogens with zero attached hydrogens (tertiary/aromatic N) is 1. The van der Waals surface area contributed by atoms with Gasteiger partial charge in [-0.25, -0.2) is 4.39 Å². The lowest BCUT2D eigenvalue weighted by Crippen LogP contribution is -2.32. The van der Waals surface area contributed by atoms with E-state index in [1.165, 1.54) is 11.0 Å². The molecule has 0 aliphatic carbocycles. The summed E-state index contributed by atoms with van der Waals surface area (Å²) >= 11 is 3.09. The molecule has 0 aromatic heterocycles. The van der Waals surface area contributed by atoms with Gasteiger partial charge >= 0.3 is 0 Å². The van der Waals surface area contributed by atoms with Crippen molar-refractivity contribution in [3.63, 3.8) is 0 Å². The molecule has 5 heteroatoms. The quantitative estimate of drug-likeness (QED) is 0.865. The lowest BCUT2D eigenvalue weighted by Gasteiger charge is -2.23. The third-order valence-corrected chi connectivity index (χ3v) is 3.58. The van der Waals surface area contributed by atoms with Gasteiger partial charge in [-0.05, 0) is 47.1 Å². The van der Waals surface area contributed by atoms with Gasteiger partial charge in [0.1, 0.15) is 5.82 Å². The molecule has 2 rings (SSSR count). The molecule has 3 nitrogen and oxygen atoms in total. The normalized spacial score (nSPS) is 10.3. The second kappa shape index (κ2) is 6.05. The maximum absolute atomic E-state index is 14.0. The summed E-state index contributed by atoms with van der Waals surface area (Å²) in [4.78, 5) is 14.0. The number of benzene rings is 2. The minimum absolute atomic E-state index is 0.0180. The van der Waals surface area contributed by atoms with Crippen LogP contribution in [-0.4, -0.2) is 12.5 Å².